The van der Waals surface area contributed by atoms with Crippen molar-refractivity contribution in [3.63, 3.8) is 0 Å². The molecule has 2 aromatic carbocycles. The van der Waals surface area contributed by atoms with Crippen molar-refractivity contribution in [1.29, 1.82) is 0 Å². The molecule has 6 nitrogen and oxygen atoms in total. The Morgan fingerprint density at radius 2 is 1.82 bits per heavy atom. The summed E-state index contributed by atoms with van der Waals surface area (Å²) in [7, 11) is 0. The Hall–Kier alpha value is -2.93. The molecule has 0 atom stereocenters. The van der Waals surface area contributed by atoms with E-state index < -0.39 is 0 Å². The van der Waals surface area contributed by atoms with Crippen LogP contribution in [0.5, 0.6) is 5.75 Å². The normalized spacial score (nSPS) is 14.0. The topological polar surface area (TPSA) is 72.2 Å². The Bertz CT molecular complexity index is 906. The highest BCUT2D eigenvalue weighted by Crippen LogP contribution is 2.25. The van der Waals surface area contributed by atoms with E-state index in [0.717, 1.165) is 29.8 Å². The lowest BCUT2D eigenvalue weighted by Crippen LogP contribution is -2.28. The zero-order valence-corrected chi connectivity index (χ0v) is 16.2. The summed E-state index contributed by atoms with van der Waals surface area (Å²) in [6.45, 7) is 0.356. The SMILES string of the molecule is S=C(NCc1nc(-c2ccccc2)no1)Nc1ccc(OC2CCCC2)cc1. The molecule has 0 spiro atoms. The van der Waals surface area contributed by atoms with Crippen molar-refractivity contribution in [2.75, 3.05) is 5.32 Å². The van der Waals surface area contributed by atoms with Gasteiger partial charge in [-0.1, -0.05) is 35.5 Å². The summed E-state index contributed by atoms with van der Waals surface area (Å²) in [6.07, 6.45) is 5.18. The number of hydrogen-bond acceptors (Lipinski definition) is 5. The van der Waals surface area contributed by atoms with E-state index in [1.54, 1.807) is 0 Å². The Morgan fingerprint density at radius 3 is 2.57 bits per heavy atom. The van der Waals surface area contributed by atoms with Crippen molar-refractivity contribution in [3.05, 3.63) is 60.5 Å². The highest BCUT2D eigenvalue weighted by Gasteiger charge is 2.16. The van der Waals surface area contributed by atoms with E-state index in [-0.39, 0.29) is 0 Å². The molecule has 7 heteroatoms. The Balaban J connectivity index is 1.26. The molecule has 1 saturated carbocycles. The van der Waals surface area contributed by atoms with Gasteiger partial charge in [-0.05, 0) is 62.2 Å². The molecule has 0 aliphatic heterocycles. The lowest BCUT2D eigenvalue weighted by molar-refractivity contribution is 0.210. The van der Waals surface area contributed by atoms with E-state index in [4.69, 9.17) is 21.5 Å². The smallest absolute Gasteiger partial charge is 0.246 e. The molecule has 28 heavy (non-hydrogen) atoms. The van der Waals surface area contributed by atoms with Crippen LogP contribution in [0.2, 0.25) is 0 Å². The van der Waals surface area contributed by atoms with Gasteiger partial charge in [-0.15, -0.1) is 0 Å². The number of anilines is 1. The number of ether oxygens (including phenoxy) is 1. The third kappa shape index (κ3) is 4.86. The van der Waals surface area contributed by atoms with Crippen molar-refractivity contribution in [1.82, 2.24) is 15.5 Å². The van der Waals surface area contributed by atoms with E-state index in [9.17, 15) is 0 Å². The van der Waals surface area contributed by atoms with Crippen molar-refractivity contribution >= 4 is 23.0 Å². The Morgan fingerprint density at radius 1 is 1.07 bits per heavy atom. The predicted molar refractivity (Wildman–Crippen MR) is 112 cm³/mol. The van der Waals surface area contributed by atoms with Crippen LogP contribution in [0, 0.1) is 0 Å². The largest absolute Gasteiger partial charge is 0.490 e. The number of nitrogens with one attached hydrogen (secondary N) is 2. The van der Waals surface area contributed by atoms with Gasteiger partial charge in [0.25, 0.3) is 0 Å². The first kappa shape index (κ1) is 18.4. The lowest BCUT2D eigenvalue weighted by atomic mass is 10.2. The molecule has 144 valence electrons. The van der Waals surface area contributed by atoms with E-state index in [0.29, 0.717) is 29.5 Å². The molecule has 2 N–H and O–H groups in total. The molecule has 1 aliphatic rings. The van der Waals surface area contributed by atoms with Gasteiger partial charge >= 0.3 is 0 Å². The van der Waals surface area contributed by atoms with Crippen LogP contribution in [-0.2, 0) is 6.54 Å². The Kier molecular flexibility index (Phi) is 5.82. The van der Waals surface area contributed by atoms with E-state index in [1.807, 2.05) is 54.6 Å². The lowest BCUT2D eigenvalue weighted by Gasteiger charge is -2.14. The standard InChI is InChI=1S/C21H22N4O2S/c28-21(22-14-19-24-20(25-27-19)15-6-2-1-3-7-15)23-16-10-12-18(13-11-16)26-17-8-4-5-9-17/h1-3,6-7,10-13,17H,4-5,8-9,14H2,(H2,22,23,28). The second-order valence-electron chi connectivity index (χ2n) is 6.73. The summed E-state index contributed by atoms with van der Waals surface area (Å²) in [4.78, 5) is 4.38. The summed E-state index contributed by atoms with van der Waals surface area (Å²) < 4.78 is 11.2. The van der Waals surface area contributed by atoms with Gasteiger partial charge in [-0.3, -0.25) is 0 Å². The van der Waals surface area contributed by atoms with Crippen molar-refractivity contribution in [3.8, 4) is 17.1 Å². The third-order valence-corrected chi connectivity index (χ3v) is 4.86. The van der Waals surface area contributed by atoms with E-state index in [1.165, 1.54) is 12.8 Å². The second-order valence-corrected chi connectivity index (χ2v) is 7.14. The van der Waals surface area contributed by atoms with Gasteiger partial charge in [-0.25, -0.2) is 0 Å². The first-order valence-electron chi connectivity index (χ1n) is 9.46. The number of nitrogens with zero attached hydrogens (tertiary/aromatic N) is 2. The van der Waals surface area contributed by atoms with Crippen LogP contribution in [0.25, 0.3) is 11.4 Å². The van der Waals surface area contributed by atoms with Gasteiger partial charge in [0, 0.05) is 11.3 Å². The van der Waals surface area contributed by atoms with Crippen LogP contribution in [0.4, 0.5) is 5.69 Å². The molecule has 1 heterocycles. The molecular formula is C21H22N4O2S. The predicted octanol–water partition coefficient (Wildman–Crippen LogP) is 4.54. The monoisotopic (exact) mass is 394 g/mol. The highest BCUT2D eigenvalue weighted by molar-refractivity contribution is 7.80. The molecule has 0 bridgehead atoms. The molecule has 1 aromatic heterocycles. The molecule has 0 unspecified atom stereocenters. The van der Waals surface area contributed by atoms with Gasteiger partial charge < -0.3 is 19.9 Å². The fraction of sp³-hybridized carbons (Fsp3) is 0.286. The molecular weight excluding hydrogens is 372 g/mol. The highest BCUT2D eigenvalue weighted by atomic mass is 32.1. The molecule has 3 aromatic rings. The molecule has 0 saturated heterocycles. The number of hydrogen-bond donors (Lipinski definition) is 2. The first-order valence-corrected chi connectivity index (χ1v) is 9.87. The summed E-state index contributed by atoms with van der Waals surface area (Å²) in [5.41, 5.74) is 1.81. The van der Waals surface area contributed by atoms with Gasteiger partial charge in [0.15, 0.2) is 5.11 Å². The minimum atomic E-state index is 0.356. The van der Waals surface area contributed by atoms with Gasteiger partial charge in [0.05, 0.1) is 12.6 Å². The summed E-state index contributed by atoms with van der Waals surface area (Å²) >= 11 is 5.34. The van der Waals surface area contributed by atoms with E-state index in [2.05, 4.69) is 20.8 Å². The average Bonchev–Trinajstić information content (AvgIpc) is 3.41. The number of benzene rings is 2. The van der Waals surface area contributed by atoms with Crippen LogP contribution in [0.15, 0.2) is 59.1 Å². The number of aromatic nitrogens is 2. The van der Waals surface area contributed by atoms with Gasteiger partial charge in [0.1, 0.15) is 5.75 Å². The van der Waals surface area contributed by atoms with Gasteiger partial charge in [0.2, 0.25) is 11.7 Å². The number of rotatable bonds is 6. The van der Waals surface area contributed by atoms with Crippen molar-refractivity contribution in [2.45, 2.75) is 38.3 Å². The Labute approximate surface area is 169 Å². The molecule has 0 radical (unpaired) electrons. The van der Waals surface area contributed by atoms with Gasteiger partial charge in [-0.2, -0.15) is 4.98 Å². The van der Waals surface area contributed by atoms with E-state index >= 15 is 0 Å². The fourth-order valence-electron chi connectivity index (χ4n) is 3.18. The van der Waals surface area contributed by atoms with Crippen molar-refractivity contribution < 1.29 is 9.26 Å². The third-order valence-electron chi connectivity index (χ3n) is 4.62. The average molecular weight is 395 g/mol. The minimum absolute atomic E-state index is 0.356. The fourth-order valence-corrected chi connectivity index (χ4v) is 3.37. The quantitative estimate of drug-likeness (QED) is 0.595. The molecule has 1 aliphatic carbocycles. The minimum Gasteiger partial charge on any atom is -0.490 e. The zero-order chi connectivity index (χ0) is 19.2. The summed E-state index contributed by atoms with van der Waals surface area (Å²) in [5, 5.41) is 10.7. The van der Waals surface area contributed by atoms with Crippen LogP contribution in [-0.4, -0.2) is 21.4 Å². The molecule has 4 rings (SSSR count). The number of thiocarbonyl (C=S) groups is 1. The van der Waals surface area contributed by atoms with Crippen LogP contribution >= 0.6 is 12.2 Å². The maximum atomic E-state index is 5.98. The summed E-state index contributed by atoms with van der Waals surface area (Å²) in [5.74, 6) is 1.94. The van der Waals surface area contributed by atoms with Crippen molar-refractivity contribution in [2.24, 2.45) is 0 Å². The zero-order valence-electron chi connectivity index (χ0n) is 15.4. The molecule has 0 amide bonds. The van der Waals surface area contributed by atoms with Crippen LogP contribution in [0.3, 0.4) is 0 Å². The second kappa shape index (κ2) is 8.84. The first-order chi connectivity index (χ1) is 13.8. The maximum Gasteiger partial charge on any atom is 0.246 e. The molecule has 1 fully saturated rings. The maximum absolute atomic E-state index is 5.98. The summed E-state index contributed by atoms with van der Waals surface area (Å²) in [6, 6.07) is 17.5. The van der Waals surface area contributed by atoms with Crippen LogP contribution < -0.4 is 15.4 Å². The van der Waals surface area contributed by atoms with Crippen LogP contribution in [0.1, 0.15) is 31.6 Å².